The van der Waals surface area contributed by atoms with E-state index in [-0.39, 0.29) is 12.0 Å². The van der Waals surface area contributed by atoms with Crippen LogP contribution in [0.4, 0.5) is 10.5 Å². The Morgan fingerprint density at radius 1 is 1.12 bits per heavy atom. The third kappa shape index (κ3) is 4.61. The molecule has 1 saturated heterocycles. The highest BCUT2D eigenvalue weighted by Gasteiger charge is 2.23. The number of carbonyl (C=O) groups is 2. The highest BCUT2D eigenvalue weighted by atomic mass is 16.6. The van der Waals surface area contributed by atoms with Gasteiger partial charge in [0.15, 0.2) is 0 Å². The summed E-state index contributed by atoms with van der Waals surface area (Å²) in [4.78, 5) is 24.9. The van der Waals surface area contributed by atoms with Gasteiger partial charge in [0.25, 0.3) is 0 Å². The first-order valence-corrected chi connectivity index (χ1v) is 8.06. The van der Waals surface area contributed by atoms with Crippen molar-refractivity contribution < 1.29 is 14.3 Å². The average Bonchev–Trinajstić information content (AvgIpc) is 3.06. The van der Waals surface area contributed by atoms with Crippen molar-refractivity contribution >= 4 is 17.7 Å². The van der Waals surface area contributed by atoms with Crippen LogP contribution < -0.4 is 10.2 Å². The Bertz CT molecular complexity index is 804. The Kier molecular flexibility index (Phi) is 5.32. The first-order chi connectivity index (χ1) is 12.2. The number of anilines is 1. The zero-order chi connectivity index (χ0) is 17.5. The minimum Gasteiger partial charge on any atom is -0.447 e. The van der Waals surface area contributed by atoms with E-state index >= 15 is 0 Å². The predicted octanol–water partition coefficient (Wildman–Crippen LogP) is 2.35. The van der Waals surface area contributed by atoms with Gasteiger partial charge in [0.1, 0.15) is 6.61 Å². The van der Waals surface area contributed by atoms with Crippen LogP contribution in [0.15, 0.2) is 54.6 Å². The molecule has 0 aliphatic carbocycles. The monoisotopic (exact) mass is 334 g/mol. The van der Waals surface area contributed by atoms with Crippen LogP contribution in [0.3, 0.4) is 0 Å². The maximum atomic E-state index is 11.8. The molecule has 2 amide bonds. The van der Waals surface area contributed by atoms with Gasteiger partial charge in [0.05, 0.1) is 19.5 Å². The number of carbonyl (C=O) groups excluding carboxylic acids is 2. The third-order valence-corrected chi connectivity index (χ3v) is 3.75. The molecular weight excluding hydrogens is 316 g/mol. The Morgan fingerprint density at radius 2 is 1.88 bits per heavy atom. The number of nitrogens with zero attached hydrogens (tertiary/aromatic N) is 1. The minimum absolute atomic E-state index is 0.0524. The minimum atomic E-state index is -0.319. The molecule has 126 valence electrons. The Labute approximate surface area is 146 Å². The van der Waals surface area contributed by atoms with Crippen molar-refractivity contribution in [1.29, 1.82) is 0 Å². The topological polar surface area (TPSA) is 58.6 Å². The second-order valence-corrected chi connectivity index (χ2v) is 5.55. The summed E-state index contributed by atoms with van der Waals surface area (Å²) in [5, 5.41) is 2.78. The van der Waals surface area contributed by atoms with E-state index in [0.29, 0.717) is 26.1 Å². The van der Waals surface area contributed by atoms with E-state index in [9.17, 15) is 9.59 Å². The van der Waals surface area contributed by atoms with Crippen molar-refractivity contribution in [1.82, 2.24) is 5.32 Å². The normalized spacial score (nSPS) is 13.0. The number of amides is 2. The van der Waals surface area contributed by atoms with Crippen molar-refractivity contribution in [2.75, 3.05) is 24.6 Å². The lowest BCUT2D eigenvalue weighted by atomic mass is 10.1. The average molecular weight is 334 g/mol. The second-order valence-electron chi connectivity index (χ2n) is 5.55. The van der Waals surface area contributed by atoms with Gasteiger partial charge < -0.3 is 10.1 Å². The van der Waals surface area contributed by atoms with E-state index in [4.69, 9.17) is 4.74 Å². The van der Waals surface area contributed by atoms with Crippen LogP contribution in [-0.4, -0.2) is 31.7 Å². The van der Waals surface area contributed by atoms with Crippen molar-refractivity contribution in [3.63, 3.8) is 0 Å². The molecule has 2 aromatic rings. The van der Waals surface area contributed by atoms with Crippen LogP contribution in [0.2, 0.25) is 0 Å². The molecule has 1 N–H and O–H groups in total. The van der Waals surface area contributed by atoms with Crippen LogP contribution in [0.5, 0.6) is 0 Å². The van der Waals surface area contributed by atoms with Crippen molar-refractivity contribution in [2.45, 2.75) is 6.42 Å². The molecule has 0 unspecified atom stereocenters. The van der Waals surface area contributed by atoms with Crippen LogP contribution in [-0.2, 0) is 16.0 Å². The molecule has 3 rings (SSSR count). The number of rotatable bonds is 4. The maximum Gasteiger partial charge on any atom is 0.414 e. The van der Waals surface area contributed by atoms with Gasteiger partial charge in [-0.2, -0.15) is 0 Å². The van der Waals surface area contributed by atoms with Gasteiger partial charge in [-0.1, -0.05) is 42.2 Å². The summed E-state index contributed by atoms with van der Waals surface area (Å²) in [6.45, 7) is 1.28. The molecule has 0 aromatic heterocycles. The highest BCUT2D eigenvalue weighted by Crippen LogP contribution is 2.18. The maximum absolute atomic E-state index is 11.8. The molecule has 2 aromatic carbocycles. The Balaban J connectivity index is 1.48. The summed E-state index contributed by atoms with van der Waals surface area (Å²) in [7, 11) is 0. The number of hydrogen-bond donors (Lipinski definition) is 1. The van der Waals surface area contributed by atoms with E-state index < -0.39 is 0 Å². The van der Waals surface area contributed by atoms with E-state index in [1.54, 1.807) is 4.90 Å². The van der Waals surface area contributed by atoms with Crippen molar-refractivity contribution in [2.24, 2.45) is 0 Å². The largest absolute Gasteiger partial charge is 0.447 e. The summed E-state index contributed by atoms with van der Waals surface area (Å²) >= 11 is 0. The van der Waals surface area contributed by atoms with E-state index in [1.807, 2.05) is 54.6 Å². The number of ether oxygens (including phenoxy) is 1. The highest BCUT2D eigenvalue weighted by molar-refractivity contribution is 5.89. The van der Waals surface area contributed by atoms with Gasteiger partial charge in [-0.05, 0) is 29.8 Å². The van der Waals surface area contributed by atoms with Gasteiger partial charge in [-0.3, -0.25) is 9.69 Å². The number of benzene rings is 2. The molecule has 0 spiro atoms. The lowest BCUT2D eigenvalue weighted by Gasteiger charge is -2.11. The number of nitrogens with one attached hydrogen (secondary N) is 1. The molecule has 0 atom stereocenters. The Hall–Kier alpha value is -3.26. The number of cyclic esters (lactones) is 1. The van der Waals surface area contributed by atoms with Gasteiger partial charge in [0, 0.05) is 11.3 Å². The molecule has 1 fully saturated rings. The van der Waals surface area contributed by atoms with Gasteiger partial charge in [0.2, 0.25) is 5.91 Å². The fourth-order valence-corrected chi connectivity index (χ4v) is 2.49. The molecule has 25 heavy (non-hydrogen) atoms. The van der Waals surface area contributed by atoms with Crippen LogP contribution >= 0.6 is 0 Å². The van der Waals surface area contributed by atoms with Crippen LogP contribution in [0.1, 0.15) is 11.1 Å². The summed E-state index contributed by atoms with van der Waals surface area (Å²) in [6, 6.07) is 17.0. The van der Waals surface area contributed by atoms with Crippen molar-refractivity contribution in [3.8, 4) is 11.8 Å². The van der Waals surface area contributed by atoms with E-state index in [1.165, 1.54) is 0 Å². The fourth-order valence-electron chi connectivity index (χ4n) is 2.49. The lowest BCUT2D eigenvalue weighted by Crippen LogP contribution is -2.25. The number of hydrogen-bond acceptors (Lipinski definition) is 3. The zero-order valence-electron chi connectivity index (χ0n) is 13.7. The van der Waals surface area contributed by atoms with E-state index in [0.717, 1.165) is 16.8 Å². The standard InChI is InChI=1S/C20H18N2O3/c23-19(15-17-5-2-1-3-6-17)21-12-4-7-16-8-10-18(11-9-16)22-13-14-25-20(22)24/h1-3,5-6,8-11H,12-15H2,(H,21,23). The first kappa shape index (κ1) is 16.6. The third-order valence-electron chi connectivity index (χ3n) is 3.75. The molecule has 5 nitrogen and oxygen atoms in total. The summed E-state index contributed by atoms with van der Waals surface area (Å²) in [6.07, 6.45) is 0.0309. The van der Waals surface area contributed by atoms with Gasteiger partial charge >= 0.3 is 6.09 Å². The molecule has 1 heterocycles. The molecule has 1 aliphatic heterocycles. The summed E-state index contributed by atoms with van der Waals surface area (Å²) in [5.74, 6) is 5.87. The predicted molar refractivity (Wildman–Crippen MR) is 95.2 cm³/mol. The van der Waals surface area contributed by atoms with E-state index in [2.05, 4.69) is 17.2 Å². The van der Waals surface area contributed by atoms with Gasteiger partial charge in [-0.15, -0.1) is 0 Å². The lowest BCUT2D eigenvalue weighted by molar-refractivity contribution is -0.120. The summed E-state index contributed by atoms with van der Waals surface area (Å²) in [5.41, 5.74) is 2.60. The molecule has 0 saturated carbocycles. The van der Waals surface area contributed by atoms with Crippen LogP contribution in [0, 0.1) is 11.8 Å². The van der Waals surface area contributed by atoms with Crippen molar-refractivity contribution in [3.05, 3.63) is 65.7 Å². The second kappa shape index (κ2) is 8.02. The molecule has 0 bridgehead atoms. The molecule has 5 heteroatoms. The smallest absolute Gasteiger partial charge is 0.414 e. The quantitative estimate of drug-likeness (QED) is 0.873. The SMILES string of the molecule is O=C(Cc1ccccc1)NCC#Cc1ccc(N2CCOC2=O)cc1. The molecular formula is C20H18N2O3. The van der Waals surface area contributed by atoms with Gasteiger partial charge in [-0.25, -0.2) is 4.79 Å². The molecule has 0 radical (unpaired) electrons. The fraction of sp³-hybridized carbons (Fsp3) is 0.200. The van der Waals surface area contributed by atoms with Crippen LogP contribution in [0.25, 0.3) is 0 Å². The first-order valence-electron chi connectivity index (χ1n) is 8.06. The zero-order valence-corrected chi connectivity index (χ0v) is 13.7. The summed E-state index contributed by atoms with van der Waals surface area (Å²) < 4.78 is 4.91. The Morgan fingerprint density at radius 3 is 2.56 bits per heavy atom. The molecule has 1 aliphatic rings.